The number of nitrogens with zero attached hydrogens (tertiary/aromatic N) is 1. The van der Waals surface area contributed by atoms with E-state index in [0.717, 1.165) is 38.9 Å². The maximum absolute atomic E-state index is 5.92. The number of methoxy groups -OCH3 is 2. The normalized spacial score (nSPS) is 12.0. The molecule has 0 saturated carbocycles. The van der Waals surface area contributed by atoms with Crippen LogP contribution in [0.2, 0.25) is 0 Å². The molecule has 0 saturated heterocycles. The number of hydrogen-bond acceptors (Lipinski definition) is 5. The van der Waals surface area contributed by atoms with E-state index in [9.17, 15) is 0 Å². The highest BCUT2D eigenvalue weighted by Gasteiger charge is 2.17. The highest BCUT2D eigenvalue weighted by atomic mass is 32.1. The molecular weight excluding hydrogens is 320 g/mol. The van der Waals surface area contributed by atoms with Crippen molar-refractivity contribution in [2.24, 2.45) is 5.73 Å². The Hall–Kier alpha value is -2.37. The highest BCUT2D eigenvalue weighted by molar-refractivity contribution is 7.10. The first-order chi connectivity index (χ1) is 11.6. The predicted molar refractivity (Wildman–Crippen MR) is 98.7 cm³/mol. The molecule has 3 aromatic rings. The van der Waals surface area contributed by atoms with Crippen molar-refractivity contribution < 1.29 is 9.47 Å². The number of nitrogens with two attached hydrogens (primary N) is 1. The van der Waals surface area contributed by atoms with E-state index >= 15 is 0 Å². The fourth-order valence-electron chi connectivity index (χ4n) is 2.56. The highest BCUT2D eigenvalue weighted by Crippen LogP contribution is 2.41. The van der Waals surface area contributed by atoms with Gasteiger partial charge in [0.15, 0.2) is 0 Å². The summed E-state index contributed by atoms with van der Waals surface area (Å²) in [5.41, 5.74) is 9.74. The zero-order valence-electron chi connectivity index (χ0n) is 13.9. The van der Waals surface area contributed by atoms with Crippen molar-refractivity contribution in [3.8, 4) is 33.9 Å². The van der Waals surface area contributed by atoms with Crippen LogP contribution in [0.1, 0.15) is 18.0 Å². The SMILES string of the molecule is COc1cc(-c2csc(C(C)N)n2)c(OC)cc1-c1ccccc1. The van der Waals surface area contributed by atoms with Crippen LogP contribution in [0.15, 0.2) is 47.8 Å². The number of ether oxygens (including phenoxy) is 2. The average Bonchev–Trinajstić information content (AvgIpc) is 3.11. The predicted octanol–water partition coefficient (Wildman–Crippen LogP) is 4.51. The summed E-state index contributed by atoms with van der Waals surface area (Å²) in [5.74, 6) is 1.54. The Labute approximate surface area is 145 Å². The molecule has 0 spiro atoms. The van der Waals surface area contributed by atoms with Crippen molar-refractivity contribution in [3.63, 3.8) is 0 Å². The van der Waals surface area contributed by atoms with Gasteiger partial charge in [-0.05, 0) is 24.6 Å². The molecule has 0 radical (unpaired) electrons. The Morgan fingerprint density at radius 1 is 1.00 bits per heavy atom. The van der Waals surface area contributed by atoms with Crippen molar-refractivity contribution >= 4 is 11.3 Å². The van der Waals surface area contributed by atoms with Gasteiger partial charge in [0, 0.05) is 16.5 Å². The van der Waals surface area contributed by atoms with Gasteiger partial charge in [-0.15, -0.1) is 11.3 Å². The molecule has 1 heterocycles. The Kier molecular flexibility index (Phi) is 4.83. The largest absolute Gasteiger partial charge is 0.496 e. The standard InChI is InChI=1S/C19H20N2O2S/c1-12(20)19-21-16(11-24-19)15-10-17(22-2)14(9-18(15)23-3)13-7-5-4-6-8-13/h4-12H,20H2,1-3H3. The number of aromatic nitrogens is 1. The van der Waals surface area contributed by atoms with Gasteiger partial charge in [-0.25, -0.2) is 4.98 Å². The quantitative estimate of drug-likeness (QED) is 0.742. The van der Waals surface area contributed by atoms with Gasteiger partial charge in [-0.3, -0.25) is 0 Å². The summed E-state index contributed by atoms with van der Waals surface area (Å²) >= 11 is 1.55. The smallest absolute Gasteiger partial charge is 0.129 e. The second-order valence-electron chi connectivity index (χ2n) is 5.48. The zero-order chi connectivity index (χ0) is 17.1. The molecule has 0 fully saturated rings. The van der Waals surface area contributed by atoms with Gasteiger partial charge in [0.2, 0.25) is 0 Å². The first-order valence-electron chi connectivity index (χ1n) is 7.67. The van der Waals surface area contributed by atoms with E-state index in [1.165, 1.54) is 0 Å². The van der Waals surface area contributed by atoms with Gasteiger partial charge in [0.1, 0.15) is 16.5 Å². The molecule has 3 rings (SSSR count). The van der Waals surface area contributed by atoms with E-state index in [1.54, 1.807) is 25.6 Å². The van der Waals surface area contributed by atoms with Crippen LogP contribution in [0.4, 0.5) is 0 Å². The number of benzene rings is 2. The van der Waals surface area contributed by atoms with Crippen molar-refractivity contribution in [1.82, 2.24) is 4.98 Å². The summed E-state index contributed by atoms with van der Waals surface area (Å²) < 4.78 is 11.2. The molecule has 0 aliphatic carbocycles. The Morgan fingerprint density at radius 3 is 2.21 bits per heavy atom. The summed E-state index contributed by atoms with van der Waals surface area (Å²) in [4.78, 5) is 4.62. The monoisotopic (exact) mass is 340 g/mol. The fraction of sp³-hybridized carbons (Fsp3) is 0.211. The van der Waals surface area contributed by atoms with Crippen LogP contribution in [0, 0.1) is 0 Å². The molecule has 0 amide bonds. The molecule has 1 aromatic heterocycles. The minimum Gasteiger partial charge on any atom is -0.496 e. The maximum atomic E-state index is 5.92. The summed E-state index contributed by atoms with van der Waals surface area (Å²) in [7, 11) is 3.34. The molecule has 124 valence electrons. The second-order valence-corrected chi connectivity index (χ2v) is 6.37. The Balaban J connectivity index is 2.14. The van der Waals surface area contributed by atoms with Crippen molar-refractivity contribution in [1.29, 1.82) is 0 Å². The van der Waals surface area contributed by atoms with Crippen molar-refractivity contribution in [2.75, 3.05) is 14.2 Å². The molecule has 4 nitrogen and oxygen atoms in total. The van der Waals surface area contributed by atoms with E-state index in [-0.39, 0.29) is 6.04 Å². The molecule has 0 aliphatic heterocycles. The Morgan fingerprint density at radius 2 is 1.62 bits per heavy atom. The first-order valence-corrected chi connectivity index (χ1v) is 8.54. The molecule has 1 unspecified atom stereocenters. The zero-order valence-corrected chi connectivity index (χ0v) is 14.8. The van der Waals surface area contributed by atoms with Crippen LogP contribution in [-0.2, 0) is 0 Å². The van der Waals surface area contributed by atoms with Crippen molar-refractivity contribution in [3.05, 3.63) is 52.9 Å². The molecule has 2 aromatic carbocycles. The average molecular weight is 340 g/mol. The maximum Gasteiger partial charge on any atom is 0.129 e. The van der Waals surface area contributed by atoms with Crippen molar-refractivity contribution in [2.45, 2.75) is 13.0 Å². The molecular formula is C19H20N2O2S. The lowest BCUT2D eigenvalue weighted by molar-refractivity contribution is 0.406. The lowest BCUT2D eigenvalue weighted by Gasteiger charge is -2.14. The lowest BCUT2D eigenvalue weighted by Crippen LogP contribution is -2.04. The van der Waals surface area contributed by atoms with Crippen LogP contribution in [0.5, 0.6) is 11.5 Å². The van der Waals surface area contributed by atoms with Crippen LogP contribution in [0.25, 0.3) is 22.4 Å². The van der Waals surface area contributed by atoms with Gasteiger partial charge in [0.05, 0.1) is 26.0 Å². The molecule has 2 N–H and O–H groups in total. The van der Waals surface area contributed by atoms with E-state index in [2.05, 4.69) is 4.98 Å². The first kappa shape index (κ1) is 16.5. The van der Waals surface area contributed by atoms with Gasteiger partial charge in [-0.1, -0.05) is 30.3 Å². The molecule has 0 bridgehead atoms. The molecule has 0 aliphatic rings. The number of thiazole rings is 1. The van der Waals surface area contributed by atoms with E-state index in [4.69, 9.17) is 15.2 Å². The van der Waals surface area contributed by atoms with Gasteiger partial charge in [0.25, 0.3) is 0 Å². The molecule has 1 atom stereocenters. The van der Waals surface area contributed by atoms with E-state index < -0.39 is 0 Å². The second kappa shape index (κ2) is 7.03. The topological polar surface area (TPSA) is 57.4 Å². The molecule has 24 heavy (non-hydrogen) atoms. The Bertz CT molecular complexity index is 829. The van der Waals surface area contributed by atoms with Gasteiger partial charge >= 0.3 is 0 Å². The number of rotatable bonds is 5. The minimum absolute atomic E-state index is 0.0831. The summed E-state index contributed by atoms with van der Waals surface area (Å²) in [6, 6.07) is 14.0. The summed E-state index contributed by atoms with van der Waals surface area (Å²) in [6.45, 7) is 1.93. The van der Waals surface area contributed by atoms with Gasteiger partial charge < -0.3 is 15.2 Å². The van der Waals surface area contributed by atoms with Crippen LogP contribution in [0.3, 0.4) is 0 Å². The third kappa shape index (κ3) is 3.13. The van der Waals surface area contributed by atoms with Gasteiger partial charge in [-0.2, -0.15) is 0 Å². The summed E-state index contributed by atoms with van der Waals surface area (Å²) in [6.07, 6.45) is 0. The number of hydrogen-bond donors (Lipinski definition) is 1. The third-order valence-corrected chi connectivity index (χ3v) is 4.84. The van der Waals surface area contributed by atoms with Crippen LogP contribution in [-0.4, -0.2) is 19.2 Å². The lowest BCUT2D eigenvalue weighted by atomic mass is 10.0. The minimum atomic E-state index is -0.0831. The fourth-order valence-corrected chi connectivity index (χ4v) is 3.34. The third-order valence-electron chi connectivity index (χ3n) is 3.79. The van der Waals surface area contributed by atoms with E-state index in [0.29, 0.717) is 0 Å². The van der Waals surface area contributed by atoms with Crippen LogP contribution >= 0.6 is 11.3 Å². The van der Waals surface area contributed by atoms with Crippen LogP contribution < -0.4 is 15.2 Å². The molecule has 5 heteroatoms. The van der Waals surface area contributed by atoms with E-state index in [1.807, 2.05) is 54.8 Å². The summed E-state index contributed by atoms with van der Waals surface area (Å²) in [5, 5.41) is 2.90.